The van der Waals surface area contributed by atoms with Gasteiger partial charge >= 0.3 is 0 Å². The van der Waals surface area contributed by atoms with Crippen molar-refractivity contribution in [3.63, 3.8) is 0 Å². The van der Waals surface area contributed by atoms with Crippen molar-refractivity contribution in [2.75, 3.05) is 0 Å². The third-order valence-corrected chi connectivity index (χ3v) is 1.87. The lowest BCUT2D eigenvalue weighted by Crippen LogP contribution is -1.91. The van der Waals surface area contributed by atoms with Gasteiger partial charge in [0.15, 0.2) is 0 Å². The fraction of sp³-hybridized carbons (Fsp3) is 0.636. The van der Waals surface area contributed by atoms with Crippen LogP contribution < -0.4 is 0 Å². The summed E-state index contributed by atoms with van der Waals surface area (Å²) in [6.07, 6.45) is 11.4. The zero-order valence-corrected chi connectivity index (χ0v) is 7.84. The van der Waals surface area contributed by atoms with Crippen LogP contribution in [0, 0.1) is 5.92 Å². The van der Waals surface area contributed by atoms with Gasteiger partial charge in [-0.05, 0) is 32.1 Å². The predicted octanol–water partition coefficient (Wildman–Crippen LogP) is 3.95. The van der Waals surface area contributed by atoms with E-state index in [1.54, 1.807) is 0 Å². The van der Waals surface area contributed by atoms with Crippen LogP contribution in [0.2, 0.25) is 0 Å². The minimum Gasteiger partial charge on any atom is -0.103 e. The van der Waals surface area contributed by atoms with Gasteiger partial charge in [0.05, 0.1) is 0 Å². The molecule has 1 atom stereocenters. The molecule has 0 spiro atoms. The summed E-state index contributed by atoms with van der Waals surface area (Å²) in [5.41, 5.74) is 0. The fourth-order valence-electron chi connectivity index (χ4n) is 1.15. The third-order valence-electron chi connectivity index (χ3n) is 1.87. The Morgan fingerprint density at radius 1 is 1.45 bits per heavy atom. The van der Waals surface area contributed by atoms with Crippen molar-refractivity contribution in [1.29, 1.82) is 0 Å². The average Bonchev–Trinajstić information content (AvgIpc) is 1.99. The highest BCUT2D eigenvalue weighted by Gasteiger charge is 1.96. The maximum Gasteiger partial charge on any atom is -0.0328 e. The van der Waals surface area contributed by atoms with E-state index in [1.807, 2.05) is 6.08 Å². The van der Waals surface area contributed by atoms with E-state index in [0.29, 0.717) is 0 Å². The number of rotatable bonds is 6. The number of hydrogen-bond donors (Lipinski definition) is 0. The molecule has 0 aliphatic heterocycles. The van der Waals surface area contributed by atoms with Gasteiger partial charge in [-0.25, -0.2) is 0 Å². The zero-order chi connectivity index (χ0) is 8.53. The predicted molar refractivity (Wildman–Crippen MR) is 52.6 cm³/mol. The molecular weight excluding hydrogens is 132 g/mol. The van der Waals surface area contributed by atoms with Crippen LogP contribution in [0.1, 0.15) is 39.5 Å². The summed E-state index contributed by atoms with van der Waals surface area (Å²) in [7, 11) is 0. The van der Waals surface area contributed by atoms with E-state index in [2.05, 4.69) is 32.6 Å². The summed E-state index contributed by atoms with van der Waals surface area (Å²) in [5.74, 6) is 0.817. The molecule has 0 amide bonds. The standard InChI is InChI=1S/C11H20/c1-4-6-7-8-10-11(3)9-5-2/h4-6,11H,2,7-10H2,1,3H3. The Balaban J connectivity index is 3.16. The minimum absolute atomic E-state index is 0.817. The molecule has 11 heavy (non-hydrogen) atoms. The lowest BCUT2D eigenvalue weighted by atomic mass is 10.0. The van der Waals surface area contributed by atoms with E-state index in [-0.39, 0.29) is 0 Å². The molecule has 0 heteroatoms. The van der Waals surface area contributed by atoms with Crippen LogP contribution in [0.5, 0.6) is 0 Å². The van der Waals surface area contributed by atoms with Crippen LogP contribution in [-0.2, 0) is 0 Å². The van der Waals surface area contributed by atoms with Gasteiger partial charge in [-0.15, -0.1) is 6.58 Å². The first kappa shape index (κ1) is 10.5. The second-order valence-corrected chi connectivity index (χ2v) is 3.13. The number of unbranched alkanes of at least 4 members (excludes halogenated alkanes) is 1. The molecule has 0 fully saturated rings. The van der Waals surface area contributed by atoms with Gasteiger partial charge in [0.25, 0.3) is 0 Å². The molecule has 0 aromatic heterocycles. The monoisotopic (exact) mass is 152 g/mol. The molecule has 0 rings (SSSR count). The molecule has 0 N–H and O–H groups in total. The van der Waals surface area contributed by atoms with Gasteiger partial charge < -0.3 is 0 Å². The lowest BCUT2D eigenvalue weighted by Gasteiger charge is -2.05. The summed E-state index contributed by atoms with van der Waals surface area (Å²) >= 11 is 0. The van der Waals surface area contributed by atoms with Gasteiger partial charge in [0, 0.05) is 0 Å². The van der Waals surface area contributed by atoms with Crippen LogP contribution in [0.3, 0.4) is 0 Å². The van der Waals surface area contributed by atoms with E-state index in [1.165, 1.54) is 19.3 Å². The molecule has 0 aliphatic carbocycles. The molecule has 0 saturated carbocycles. The molecule has 0 saturated heterocycles. The smallest absolute Gasteiger partial charge is 0.0328 e. The molecule has 64 valence electrons. The number of hydrogen-bond acceptors (Lipinski definition) is 0. The van der Waals surface area contributed by atoms with Crippen molar-refractivity contribution in [2.24, 2.45) is 5.92 Å². The zero-order valence-electron chi connectivity index (χ0n) is 7.84. The van der Waals surface area contributed by atoms with Gasteiger partial charge in [0.1, 0.15) is 0 Å². The van der Waals surface area contributed by atoms with Gasteiger partial charge in [0.2, 0.25) is 0 Å². The molecule has 0 aliphatic rings. The van der Waals surface area contributed by atoms with E-state index in [4.69, 9.17) is 0 Å². The molecule has 0 aromatic carbocycles. The van der Waals surface area contributed by atoms with Crippen molar-refractivity contribution in [3.8, 4) is 0 Å². The van der Waals surface area contributed by atoms with Crippen molar-refractivity contribution in [3.05, 3.63) is 24.8 Å². The highest BCUT2D eigenvalue weighted by molar-refractivity contribution is 4.77. The van der Waals surface area contributed by atoms with Crippen LogP contribution in [0.15, 0.2) is 24.8 Å². The largest absolute Gasteiger partial charge is 0.103 e. The third kappa shape index (κ3) is 7.38. The van der Waals surface area contributed by atoms with Gasteiger partial charge in [-0.3, -0.25) is 0 Å². The van der Waals surface area contributed by atoms with Gasteiger partial charge in [-0.2, -0.15) is 0 Å². The second-order valence-electron chi connectivity index (χ2n) is 3.13. The Morgan fingerprint density at radius 2 is 2.18 bits per heavy atom. The minimum atomic E-state index is 0.817. The second kappa shape index (κ2) is 7.59. The van der Waals surface area contributed by atoms with E-state index < -0.39 is 0 Å². The molecule has 0 bridgehead atoms. The lowest BCUT2D eigenvalue weighted by molar-refractivity contribution is 0.520. The van der Waals surface area contributed by atoms with E-state index in [9.17, 15) is 0 Å². The summed E-state index contributed by atoms with van der Waals surface area (Å²) < 4.78 is 0. The Morgan fingerprint density at radius 3 is 2.73 bits per heavy atom. The molecule has 1 unspecified atom stereocenters. The Kier molecular flexibility index (Phi) is 7.23. The van der Waals surface area contributed by atoms with Crippen LogP contribution >= 0.6 is 0 Å². The molecule has 0 aromatic rings. The quantitative estimate of drug-likeness (QED) is 0.399. The van der Waals surface area contributed by atoms with Crippen molar-refractivity contribution in [1.82, 2.24) is 0 Å². The van der Waals surface area contributed by atoms with Crippen LogP contribution in [-0.4, -0.2) is 0 Å². The normalized spacial score (nSPS) is 13.6. The summed E-state index contributed by atoms with van der Waals surface area (Å²) in [4.78, 5) is 0. The SMILES string of the molecule is C=CCC(C)CCCC=CC. The van der Waals surface area contributed by atoms with E-state index in [0.717, 1.165) is 12.3 Å². The first-order valence-corrected chi connectivity index (χ1v) is 4.53. The fourth-order valence-corrected chi connectivity index (χ4v) is 1.15. The molecular formula is C11H20. The van der Waals surface area contributed by atoms with Crippen molar-refractivity contribution < 1.29 is 0 Å². The topological polar surface area (TPSA) is 0 Å². The first-order chi connectivity index (χ1) is 5.31. The van der Waals surface area contributed by atoms with Crippen molar-refractivity contribution >= 4 is 0 Å². The summed E-state index contributed by atoms with van der Waals surface area (Å²) in [6, 6.07) is 0. The molecule has 0 radical (unpaired) electrons. The maximum atomic E-state index is 3.73. The molecule has 0 nitrogen and oxygen atoms in total. The Labute approximate surface area is 71.0 Å². The maximum absolute atomic E-state index is 3.73. The average molecular weight is 152 g/mol. The first-order valence-electron chi connectivity index (χ1n) is 4.53. The summed E-state index contributed by atoms with van der Waals surface area (Å²) in [6.45, 7) is 8.10. The van der Waals surface area contributed by atoms with Gasteiger partial charge in [-0.1, -0.05) is 31.6 Å². The van der Waals surface area contributed by atoms with Crippen molar-refractivity contribution in [2.45, 2.75) is 39.5 Å². The summed E-state index contributed by atoms with van der Waals surface area (Å²) in [5, 5.41) is 0. The molecule has 0 heterocycles. The number of allylic oxidation sites excluding steroid dienone is 3. The van der Waals surface area contributed by atoms with Crippen LogP contribution in [0.25, 0.3) is 0 Å². The van der Waals surface area contributed by atoms with Crippen LogP contribution in [0.4, 0.5) is 0 Å². The Hall–Kier alpha value is -0.520. The highest BCUT2D eigenvalue weighted by atomic mass is 14.0. The Bertz CT molecular complexity index is 111. The van der Waals surface area contributed by atoms with E-state index >= 15 is 0 Å². The highest BCUT2D eigenvalue weighted by Crippen LogP contribution is 2.11.